The highest BCUT2D eigenvalue weighted by Gasteiger charge is 2.53. The van der Waals surface area contributed by atoms with Crippen LogP contribution in [0.5, 0.6) is 5.75 Å². The van der Waals surface area contributed by atoms with Crippen LogP contribution in [0.1, 0.15) is 39.7 Å². The number of hydrogen-bond acceptors (Lipinski definition) is 5. The fourth-order valence-electron chi connectivity index (χ4n) is 3.14. The van der Waals surface area contributed by atoms with Crippen LogP contribution < -0.4 is 10.2 Å². The van der Waals surface area contributed by atoms with Gasteiger partial charge < -0.3 is 24.1 Å². The maximum absolute atomic E-state index is 12.9. The number of alkyl halides is 3. The Kier molecular flexibility index (Phi) is 5.38. The third-order valence-electron chi connectivity index (χ3n) is 5.67. The molecule has 2 heterocycles. The third kappa shape index (κ3) is 4.29. The summed E-state index contributed by atoms with van der Waals surface area (Å²) >= 11 is 0. The highest BCUT2D eigenvalue weighted by Crippen LogP contribution is 2.37. The van der Waals surface area contributed by atoms with Crippen LogP contribution >= 0.6 is 0 Å². The Bertz CT molecular complexity index is 905. The second-order valence-corrected chi connectivity index (χ2v) is 8.48. The summed E-state index contributed by atoms with van der Waals surface area (Å²) in [5.74, 6) is 4.23. The Hall–Kier alpha value is -2.22. The molecule has 2 saturated heterocycles. The summed E-state index contributed by atoms with van der Waals surface area (Å²) in [5, 5.41) is 10.4. The molecule has 6 nitrogen and oxygen atoms in total. The molecule has 2 fully saturated rings. The summed E-state index contributed by atoms with van der Waals surface area (Å²) < 4.78 is 54.5. The molecular weight excluding hydrogens is 402 g/mol. The van der Waals surface area contributed by atoms with Crippen molar-refractivity contribution in [2.24, 2.45) is 0 Å². The fourth-order valence-corrected chi connectivity index (χ4v) is 3.14. The fraction of sp³-hybridized carbons (Fsp3) is 0.550. The number of likely N-dealkylation sites (N-methyl/N-ethyl adjacent to an activating group) is 1. The monoisotopic (exact) mass is 425 g/mol. The highest BCUT2D eigenvalue weighted by atomic mass is 19.4. The Morgan fingerprint density at radius 3 is 2.30 bits per heavy atom. The number of amides is 1. The van der Waals surface area contributed by atoms with Crippen molar-refractivity contribution >= 4 is 18.5 Å². The predicted molar refractivity (Wildman–Crippen MR) is 103 cm³/mol. The van der Waals surface area contributed by atoms with Gasteiger partial charge in [-0.3, -0.25) is 4.79 Å². The molecule has 2 aliphatic heterocycles. The number of hydrogen-bond donors (Lipinski definition) is 1. The SMILES string of the molecule is CN1CC[C@@](O)(C#Cc2ccc(OC(F)(F)F)c(B3OC(C)(C)C(C)(C)O3)c2)C1=O. The number of aliphatic hydroxyl groups is 1. The van der Waals surface area contributed by atoms with E-state index in [4.69, 9.17) is 9.31 Å². The molecule has 30 heavy (non-hydrogen) atoms. The van der Waals surface area contributed by atoms with Crippen LogP contribution in [0.15, 0.2) is 18.2 Å². The molecule has 3 rings (SSSR count). The molecule has 0 unspecified atom stereocenters. The number of carbonyl (C=O) groups excluding carboxylic acids is 1. The molecule has 0 spiro atoms. The van der Waals surface area contributed by atoms with E-state index in [2.05, 4.69) is 16.6 Å². The minimum absolute atomic E-state index is 0.0135. The number of likely N-dealkylation sites (tertiary alicyclic amines) is 1. The van der Waals surface area contributed by atoms with Crippen molar-refractivity contribution < 1.29 is 37.1 Å². The number of halogens is 3. The molecule has 1 atom stereocenters. The molecule has 1 amide bonds. The molecule has 1 aromatic carbocycles. The first-order chi connectivity index (χ1) is 13.6. The van der Waals surface area contributed by atoms with Crippen LogP contribution in [0.2, 0.25) is 0 Å². The number of carbonyl (C=O) groups is 1. The maximum Gasteiger partial charge on any atom is 0.573 e. The molecule has 1 aromatic rings. The second-order valence-electron chi connectivity index (χ2n) is 8.48. The van der Waals surface area contributed by atoms with Gasteiger partial charge in [-0.2, -0.15) is 0 Å². The highest BCUT2D eigenvalue weighted by molar-refractivity contribution is 6.63. The molecule has 0 bridgehead atoms. The number of ether oxygens (including phenoxy) is 1. The molecule has 10 heteroatoms. The molecule has 0 radical (unpaired) electrons. The zero-order valence-electron chi connectivity index (χ0n) is 17.4. The van der Waals surface area contributed by atoms with Gasteiger partial charge in [0, 0.05) is 31.0 Å². The molecule has 0 aromatic heterocycles. The molecule has 2 aliphatic rings. The van der Waals surface area contributed by atoms with Crippen LogP contribution in [-0.4, -0.2) is 59.8 Å². The Labute approximate surface area is 173 Å². The first-order valence-corrected chi connectivity index (χ1v) is 9.40. The molecule has 0 aliphatic carbocycles. The van der Waals surface area contributed by atoms with Gasteiger partial charge >= 0.3 is 13.5 Å². The van der Waals surface area contributed by atoms with E-state index in [0.29, 0.717) is 6.54 Å². The summed E-state index contributed by atoms with van der Waals surface area (Å²) in [6.07, 6.45) is -4.75. The van der Waals surface area contributed by atoms with Crippen molar-refractivity contribution in [2.75, 3.05) is 13.6 Å². The first kappa shape index (κ1) is 22.5. The van der Waals surface area contributed by atoms with E-state index in [1.807, 2.05) is 0 Å². The summed E-state index contributed by atoms with van der Waals surface area (Å²) in [7, 11) is 0.443. The lowest BCUT2D eigenvalue weighted by Gasteiger charge is -2.32. The molecule has 162 valence electrons. The summed E-state index contributed by atoms with van der Waals surface area (Å²) in [5.41, 5.74) is -3.07. The lowest BCUT2D eigenvalue weighted by atomic mass is 9.77. The van der Waals surface area contributed by atoms with Crippen LogP contribution in [0.3, 0.4) is 0 Å². The molecular formula is C20H23BF3NO5. The number of nitrogens with zero attached hydrogens (tertiary/aromatic N) is 1. The van der Waals surface area contributed by atoms with Gasteiger partial charge in [0.1, 0.15) is 5.75 Å². The van der Waals surface area contributed by atoms with Crippen LogP contribution in [0.4, 0.5) is 13.2 Å². The topological polar surface area (TPSA) is 68.2 Å². The average Bonchev–Trinajstić information content (AvgIpc) is 2.99. The van der Waals surface area contributed by atoms with E-state index in [-0.39, 0.29) is 17.4 Å². The van der Waals surface area contributed by atoms with Gasteiger partial charge in [0.05, 0.1) is 11.2 Å². The maximum atomic E-state index is 12.9. The van der Waals surface area contributed by atoms with Gasteiger partial charge in [0.25, 0.3) is 5.91 Å². The standard InChI is InChI=1S/C20H23BF3NO5/c1-17(2)18(3,4)30-21(29-17)14-12-13(6-7-15(14)28-20(22,23)24)8-9-19(27)10-11-25(5)16(19)26/h6-7,12,27H,10-11H2,1-5H3/t19-/m0/s1. The zero-order valence-corrected chi connectivity index (χ0v) is 17.4. The van der Waals surface area contributed by atoms with Gasteiger partial charge in [0.15, 0.2) is 0 Å². The normalized spacial score (nSPS) is 25.3. The smallest absolute Gasteiger partial charge is 0.406 e. The average molecular weight is 425 g/mol. The van der Waals surface area contributed by atoms with Crippen molar-refractivity contribution in [3.8, 4) is 17.6 Å². The van der Waals surface area contributed by atoms with Gasteiger partial charge in [-0.1, -0.05) is 11.8 Å². The zero-order chi connectivity index (χ0) is 22.5. The van der Waals surface area contributed by atoms with Gasteiger partial charge in [-0.05, 0) is 45.9 Å². The van der Waals surface area contributed by atoms with E-state index in [9.17, 15) is 23.1 Å². The second kappa shape index (κ2) is 7.19. The molecule has 1 N–H and O–H groups in total. The lowest BCUT2D eigenvalue weighted by molar-refractivity contribution is -0.274. The predicted octanol–water partition coefficient (Wildman–Crippen LogP) is 1.83. The number of rotatable bonds is 2. The largest absolute Gasteiger partial charge is 0.573 e. The number of benzene rings is 1. The van der Waals surface area contributed by atoms with Crippen LogP contribution in [0.25, 0.3) is 0 Å². The van der Waals surface area contributed by atoms with Crippen molar-refractivity contribution in [3.05, 3.63) is 23.8 Å². The van der Waals surface area contributed by atoms with Gasteiger partial charge in [0.2, 0.25) is 5.60 Å². The van der Waals surface area contributed by atoms with E-state index >= 15 is 0 Å². The van der Waals surface area contributed by atoms with Crippen molar-refractivity contribution in [2.45, 2.75) is 57.3 Å². The van der Waals surface area contributed by atoms with E-state index < -0.39 is 41.9 Å². The first-order valence-electron chi connectivity index (χ1n) is 9.40. The lowest BCUT2D eigenvalue weighted by Crippen LogP contribution is -2.41. The Balaban J connectivity index is 1.98. The summed E-state index contributed by atoms with van der Waals surface area (Å²) in [6.45, 7) is 7.47. The minimum atomic E-state index is -4.90. The minimum Gasteiger partial charge on any atom is -0.406 e. The van der Waals surface area contributed by atoms with Crippen LogP contribution in [0, 0.1) is 11.8 Å². The van der Waals surface area contributed by atoms with E-state index in [1.165, 1.54) is 17.0 Å². The quantitative estimate of drug-likeness (QED) is 0.579. The van der Waals surface area contributed by atoms with Crippen molar-refractivity contribution in [3.63, 3.8) is 0 Å². The van der Waals surface area contributed by atoms with Crippen molar-refractivity contribution in [1.29, 1.82) is 0 Å². The van der Waals surface area contributed by atoms with E-state index in [0.717, 1.165) is 6.07 Å². The third-order valence-corrected chi connectivity index (χ3v) is 5.67. The van der Waals surface area contributed by atoms with Gasteiger partial charge in [-0.15, -0.1) is 13.2 Å². The van der Waals surface area contributed by atoms with Crippen LogP contribution in [-0.2, 0) is 14.1 Å². The van der Waals surface area contributed by atoms with Crippen molar-refractivity contribution in [1.82, 2.24) is 4.90 Å². The Morgan fingerprint density at radius 2 is 1.80 bits per heavy atom. The van der Waals surface area contributed by atoms with E-state index in [1.54, 1.807) is 34.7 Å². The van der Waals surface area contributed by atoms with Gasteiger partial charge in [-0.25, -0.2) is 0 Å². The Morgan fingerprint density at radius 1 is 1.20 bits per heavy atom. The summed E-state index contributed by atoms with van der Waals surface area (Å²) in [4.78, 5) is 13.4. The summed E-state index contributed by atoms with van der Waals surface area (Å²) in [6, 6.07) is 3.78. The molecule has 0 saturated carbocycles.